The topological polar surface area (TPSA) is 58.6 Å². The quantitative estimate of drug-likeness (QED) is 0.849. The number of hydrogen-bond acceptors (Lipinski definition) is 4. The molecule has 0 saturated carbocycles. The summed E-state index contributed by atoms with van der Waals surface area (Å²) < 4.78 is 45.2. The highest BCUT2D eigenvalue weighted by molar-refractivity contribution is 7.88. The SMILES string of the molecule is O=S(=O)(Cc1c(F)cccc1Cl)NCCN1CCOCC1. The Morgan fingerprint density at radius 2 is 2.05 bits per heavy atom. The Balaban J connectivity index is 1.87. The van der Waals surface area contributed by atoms with Crippen molar-refractivity contribution in [2.24, 2.45) is 0 Å². The summed E-state index contributed by atoms with van der Waals surface area (Å²) in [7, 11) is -3.61. The smallest absolute Gasteiger partial charge is 0.215 e. The zero-order valence-corrected chi connectivity index (χ0v) is 13.1. The molecule has 0 unspecified atom stereocenters. The number of nitrogens with zero attached hydrogens (tertiary/aromatic N) is 1. The van der Waals surface area contributed by atoms with E-state index in [-0.39, 0.29) is 17.1 Å². The fourth-order valence-electron chi connectivity index (χ4n) is 2.10. The van der Waals surface area contributed by atoms with E-state index in [1.54, 1.807) is 0 Å². The van der Waals surface area contributed by atoms with Gasteiger partial charge in [-0.25, -0.2) is 17.5 Å². The number of sulfonamides is 1. The molecule has 5 nitrogen and oxygen atoms in total. The van der Waals surface area contributed by atoms with Crippen molar-refractivity contribution in [3.63, 3.8) is 0 Å². The van der Waals surface area contributed by atoms with Crippen molar-refractivity contribution in [1.82, 2.24) is 9.62 Å². The third-order valence-corrected chi connectivity index (χ3v) is 4.92. The molecule has 1 heterocycles. The van der Waals surface area contributed by atoms with Gasteiger partial charge in [0, 0.05) is 36.8 Å². The minimum Gasteiger partial charge on any atom is -0.379 e. The summed E-state index contributed by atoms with van der Waals surface area (Å²) in [5.74, 6) is -1.07. The number of benzene rings is 1. The van der Waals surface area contributed by atoms with Crippen molar-refractivity contribution >= 4 is 21.6 Å². The van der Waals surface area contributed by atoms with Crippen molar-refractivity contribution in [1.29, 1.82) is 0 Å². The molecule has 0 aromatic heterocycles. The van der Waals surface area contributed by atoms with Crippen LogP contribution in [0.1, 0.15) is 5.56 Å². The third-order valence-electron chi connectivity index (χ3n) is 3.25. The molecule has 0 spiro atoms. The van der Waals surface area contributed by atoms with E-state index in [4.69, 9.17) is 16.3 Å². The van der Waals surface area contributed by atoms with Crippen molar-refractivity contribution in [3.8, 4) is 0 Å². The first-order chi connectivity index (χ1) is 9.98. The van der Waals surface area contributed by atoms with Crippen molar-refractivity contribution in [2.45, 2.75) is 5.75 Å². The van der Waals surface area contributed by atoms with Gasteiger partial charge in [-0.3, -0.25) is 4.90 Å². The molecule has 21 heavy (non-hydrogen) atoms. The number of halogens is 2. The van der Waals surface area contributed by atoms with Gasteiger partial charge in [0.05, 0.1) is 19.0 Å². The molecular weight excluding hydrogens is 319 g/mol. The van der Waals surface area contributed by atoms with E-state index >= 15 is 0 Å². The number of rotatable bonds is 6. The fourth-order valence-corrected chi connectivity index (χ4v) is 3.58. The molecule has 0 atom stereocenters. The molecule has 1 aromatic carbocycles. The van der Waals surface area contributed by atoms with E-state index < -0.39 is 21.6 Å². The molecule has 8 heteroatoms. The first-order valence-electron chi connectivity index (χ1n) is 6.68. The molecular formula is C13H18ClFN2O3S. The Hall–Kier alpha value is -0.730. The third kappa shape index (κ3) is 5.19. The fraction of sp³-hybridized carbons (Fsp3) is 0.538. The van der Waals surface area contributed by atoms with Crippen LogP contribution >= 0.6 is 11.6 Å². The lowest BCUT2D eigenvalue weighted by atomic mass is 10.2. The van der Waals surface area contributed by atoms with E-state index in [1.807, 2.05) is 0 Å². The van der Waals surface area contributed by atoms with Crippen LogP contribution in [0.4, 0.5) is 4.39 Å². The van der Waals surface area contributed by atoms with Crippen molar-refractivity contribution in [3.05, 3.63) is 34.6 Å². The molecule has 1 aromatic rings. The average Bonchev–Trinajstić information content (AvgIpc) is 2.44. The molecule has 2 rings (SSSR count). The molecule has 1 saturated heterocycles. The van der Waals surface area contributed by atoms with Crippen LogP contribution in [0, 0.1) is 5.82 Å². The zero-order valence-electron chi connectivity index (χ0n) is 11.5. The Kier molecular flexibility index (Phi) is 5.95. The highest BCUT2D eigenvalue weighted by Crippen LogP contribution is 2.20. The molecule has 0 bridgehead atoms. The first-order valence-corrected chi connectivity index (χ1v) is 8.71. The van der Waals surface area contributed by atoms with Gasteiger partial charge in [-0.15, -0.1) is 0 Å². The van der Waals surface area contributed by atoms with Crippen LogP contribution in [0.5, 0.6) is 0 Å². The van der Waals surface area contributed by atoms with Crippen LogP contribution in [-0.4, -0.2) is 52.7 Å². The minimum atomic E-state index is -3.61. The van der Waals surface area contributed by atoms with Crippen LogP contribution in [0.15, 0.2) is 18.2 Å². The Morgan fingerprint density at radius 1 is 1.33 bits per heavy atom. The van der Waals surface area contributed by atoms with Gasteiger partial charge in [0.1, 0.15) is 5.82 Å². The van der Waals surface area contributed by atoms with Gasteiger partial charge in [-0.2, -0.15) is 0 Å². The minimum absolute atomic E-state index is 0.00182. The second-order valence-corrected chi connectivity index (χ2v) is 7.02. The summed E-state index contributed by atoms with van der Waals surface area (Å²) in [6.07, 6.45) is 0. The number of hydrogen-bond donors (Lipinski definition) is 1. The average molecular weight is 337 g/mol. The second kappa shape index (κ2) is 7.51. The lowest BCUT2D eigenvalue weighted by molar-refractivity contribution is 0.0390. The van der Waals surface area contributed by atoms with Crippen molar-refractivity contribution < 1.29 is 17.5 Å². The van der Waals surface area contributed by atoms with Gasteiger partial charge in [0.2, 0.25) is 10.0 Å². The van der Waals surface area contributed by atoms with Crippen LogP contribution in [-0.2, 0) is 20.5 Å². The maximum absolute atomic E-state index is 13.6. The summed E-state index contributed by atoms with van der Waals surface area (Å²) in [4.78, 5) is 2.11. The summed E-state index contributed by atoms with van der Waals surface area (Å²) in [6.45, 7) is 3.80. The normalized spacial score (nSPS) is 17.0. The standard InChI is InChI=1S/C13H18ClFN2O3S/c14-12-2-1-3-13(15)11(12)10-21(18,19)16-4-5-17-6-8-20-9-7-17/h1-3,16H,4-10H2. The largest absolute Gasteiger partial charge is 0.379 e. The van der Waals surface area contributed by atoms with E-state index in [2.05, 4.69) is 9.62 Å². The maximum atomic E-state index is 13.6. The summed E-state index contributed by atoms with van der Waals surface area (Å²) >= 11 is 5.84. The molecule has 118 valence electrons. The monoisotopic (exact) mass is 336 g/mol. The number of ether oxygens (including phenoxy) is 1. The zero-order chi connectivity index (χ0) is 15.3. The number of nitrogens with one attached hydrogen (secondary N) is 1. The van der Waals surface area contributed by atoms with E-state index in [0.29, 0.717) is 19.8 Å². The Labute approximate surface area is 129 Å². The molecule has 0 amide bonds. The molecule has 1 fully saturated rings. The number of morpholine rings is 1. The van der Waals surface area contributed by atoms with Gasteiger partial charge >= 0.3 is 0 Å². The molecule has 0 aliphatic carbocycles. The van der Waals surface area contributed by atoms with Crippen LogP contribution in [0.25, 0.3) is 0 Å². The predicted octanol–water partition coefficient (Wildman–Crippen LogP) is 1.23. The van der Waals surface area contributed by atoms with Crippen LogP contribution < -0.4 is 4.72 Å². The van der Waals surface area contributed by atoms with Crippen LogP contribution in [0.2, 0.25) is 5.02 Å². The van der Waals surface area contributed by atoms with E-state index in [0.717, 1.165) is 13.1 Å². The van der Waals surface area contributed by atoms with Gasteiger partial charge in [0.25, 0.3) is 0 Å². The summed E-state index contributed by atoms with van der Waals surface area (Å²) in [5.41, 5.74) is -0.00182. The van der Waals surface area contributed by atoms with Gasteiger partial charge in [0.15, 0.2) is 0 Å². The van der Waals surface area contributed by atoms with Gasteiger partial charge < -0.3 is 4.74 Å². The van der Waals surface area contributed by atoms with E-state index in [9.17, 15) is 12.8 Å². The summed E-state index contributed by atoms with van der Waals surface area (Å²) in [6, 6.07) is 4.12. The molecule has 1 N–H and O–H groups in total. The molecule has 0 radical (unpaired) electrons. The van der Waals surface area contributed by atoms with Crippen LogP contribution in [0.3, 0.4) is 0 Å². The predicted molar refractivity (Wildman–Crippen MR) is 79.3 cm³/mol. The Bertz CT molecular complexity index is 557. The lowest BCUT2D eigenvalue weighted by Gasteiger charge is -2.26. The molecule has 1 aliphatic rings. The second-order valence-electron chi connectivity index (χ2n) is 4.81. The maximum Gasteiger partial charge on any atom is 0.215 e. The summed E-state index contributed by atoms with van der Waals surface area (Å²) in [5, 5.41) is 0.119. The first kappa shape index (κ1) is 16.6. The van der Waals surface area contributed by atoms with Gasteiger partial charge in [-0.05, 0) is 12.1 Å². The lowest BCUT2D eigenvalue weighted by Crippen LogP contribution is -2.41. The Morgan fingerprint density at radius 3 is 2.71 bits per heavy atom. The molecule has 1 aliphatic heterocycles. The van der Waals surface area contributed by atoms with E-state index in [1.165, 1.54) is 18.2 Å². The highest BCUT2D eigenvalue weighted by atomic mass is 35.5. The van der Waals surface area contributed by atoms with Gasteiger partial charge in [-0.1, -0.05) is 17.7 Å². The van der Waals surface area contributed by atoms with Crippen molar-refractivity contribution in [2.75, 3.05) is 39.4 Å². The highest BCUT2D eigenvalue weighted by Gasteiger charge is 2.18.